The molecular weight excluding hydrogens is 302 g/mol. The van der Waals surface area contributed by atoms with E-state index in [1.165, 1.54) is 0 Å². The van der Waals surface area contributed by atoms with Gasteiger partial charge < -0.3 is 9.30 Å². The van der Waals surface area contributed by atoms with Crippen molar-refractivity contribution in [2.24, 2.45) is 0 Å². The largest absolute Gasteiger partial charge is 0.381 e. The molecule has 0 amide bonds. The molecule has 1 N–H and O–H groups in total. The number of ether oxygens (including phenoxy) is 1. The molecule has 1 saturated heterocycles. The lowest BCUT2D eigenvalue weighted by atomic mass is 9.94. The summed E-state index contributed by atoms with van der Waals surface area (Å²) in [6, 6.07) is 0. The minimum absolute atomic E-state index is 0.0489. The molecule has 0 spiro atoms. The Labute approximate surface area is 124 Å². The maximum atomic E-state index is 12.5. The number of hydrogen-bond acceptors (Lipinski definition) is 4. The van der Waals surface area contributed by atoms with Gasteiger partial charge in [-0.2, -0.15) is 0 Å². The van der Waals surface area contributed by atoms with E-state index in [9.17, 15) is 8.42 Å². The van der Waals surface area contributed by atoms with Gasteiger partial charge in [-0.05, 0) is 26.7 Å². The smallest absolute Gasteiger partial charge is 0.260 e. The molecule has 0 unspecified atom stereocenters. The molecule has 2 rings (SSSR count). The first-order valence-electron chi connectivity index (χ1n) is 6.64. The molecule has 1 aromatic rings. The monoisotopic (exact) mass is 321 g/mol. The first-order chi connectivity index (χ1) is 9.42. The van der Waals surface area contributed by atoms with E-state index in [-0.39, 0.29) is 10.9 Å². The predicted molar refractivity (Wildman–Crippen MR) is 76.5 cm³/mol. The number of alkyl halides is 1. The fraction of sp³-hybridized carbons (Fsp3) is 0.750. The molecule has 1 aliphatic heterocycles. The fourth-order valence-electron chi connectivity index (χ4n) is 2.29. The molecule has 0 saturated carbocycles. The summed E-state index contributed by atoms with van der Waals surface area (Å²) in [5, 5.41) is 0.0489. The van der Waals surface area contributed by atoms with Crippen LogP contribution in [0.1, 0.15) is 25.6 Å². The molecule has 8 heteroatoms. The van der Waals surface area contributed by atoms with Crippen molar-refractivity contribution in [2.75, 3.05) is 19.1 Å². The van der Waals surface area contributed by atoms with Gasteiger partial charge >= 0.3 is 0 Å². The maximum Gasteiger partial charge on any atom is 0.260 e. The van der Waals surface area contributed by atoms with Gasteiger partial charge in [0.05, 0.1) is 5.54 Å². The van der Waals surface area contributed by atoms with Crippen LogP contribution < -0.4 is 4.72 Å². The Morgan fingerprint density at radius 1 is 1.50 bits per heavy atom. The zero-order valence-corrected chi connectivity index (χ0v) is 13.3. The Kier molecular flexibility index (Phi) is 4.73. The second-order valence-corrected chi connectivity index (χ2v) is 6.94. The van der Waals surface area contributed by atoms with Crippen molar-refractivity contribution < 1.29 is 13.2 Å². The van der Waals surface area contributed by atoms with Crippen LogP contribution in [0.4, 0.5) is 0 Å². The molecule has 114 valence electrons. The van der Waals surface area contributed by atoms with Crippen molar-refractivity contribution in [2.45, 2.75) is 43.8 Å². The molecule has 0 aromatic carbocycles. The summed E-state index contributed by atoms with van der Waals surface area (Å²) >= 11 is 5.99. The highest BCUT2D eigenvalue weighted by Crippen LogP contribution is 2.25. The zero-order chi connectivity index (χ0) is 14.8. The lowest BCUT2D eigenvalue weighted by Gasteiger charge is -2.35. The molecule has 1 aliphatic rings. The average molecular weight is 322 g/mol. The highest BCUT2D eigenvalue weighted by molar-refractivity contribution is 7.89. The predicted octanol–water partition coefficient (Wildman–Crippen LogP) is 1.28. The normalized spacial score (nSPS) is 19.1. The van der Waals surface area contributed by atoms with Crippen molar-refractivity contribution in [3.05, 3.63) is 12.0 Å². The summed E-state index contributed by atoms with van der Waals surface area (Å²) in [7, 11) is -3.66. The Hall–Kier alpha value is -0.630. The van der Waals surface area contributed by atoms with Gasteiger partial charge in [0.1, 0.15) is 5.82 Å². The van der Waals surface area contributed by atoms with Gasteiger partial charge in [0.2, 0.25) is 0 Å². The van der Waals surface area contributed by atoms with E-state index in [1.54, 1.807) is 17.7 Å². The molecule has 1 fully saturated rings. The Morgan fingerprint density at radius 3 is 2.65 bits per heavy atom. The minimum Gasteiger partial charge on any atom is -0.381 e. The van der Waals surface area contributed by atoms with Crippen molar-refractivity contribution in [1.82, 2.24) is 14.3 Å². The number of aryl methyl sites for hydroxylation is 2. The van der Waals surface area contributed by atoms with E-state index in [0.717, 1.165) is 0 Å². The van der Waals surface area contributed by atoms with Gasteiger partial charge in [0.25, 0.3) is 10.0 Å². The summed E-state index contributed by atoms with van der Waals surface area (Å²) in [6.07, 6.45) is 2.70. The minimum atomic E-state index is -3.66. The number of nitrogens with one attached hydrogen (secondary N) is 1. The number of halogens is 1. The third-order valence-corrected chi connectivity index (χ3v) is 5.59. The van der Waals surface area contributed by atoms with Gasteiger partial charge in [0, 0.05) is 31.8 Å². The Bertz CT molecular complexity index is 565. The lowest BCUT2D eigenvalue weighted by molar-refractivity contribution is 0.0549. The van der Waals surface area contributed by atoms with Crippen LogP contribution >= 0.6 is 11.6 Å². The summed E-state index contributed by atoms with van der Waals surface area (Å²) in [5.41, 5.74) is -0.636. The van der Waals surface area contributed by atoms with Gasteiger partial charge in [-0.25, -0.2) is 18.1 Å². The van der Waals surface area contributed by atoms with Gasteiger partial charge in [-0.3, -0.25) is 0 Å². The maximum absolute atomic E-state index is 12.5. The number of sulfonamides is 1. The van der Waals surface area contributed by atoms with Crippen LogP contribution in [-0.4, -0.2) is 42.6 Å². The van der Waals surface area contributed by atoms with Crippen molar-refractivity contribution in [3.63, 3.8) is 0 Å². The topological polar surface area (TPSA) is 73.2 Å². The number of hydrogen-bond donors (Lipinski definition) is 1. The SMILES string of the molecule is CCn1cc(S(=O)(=O)NC2(CCl)CCOCC2)nc1C. The van der Waals surface area contributed by atoms with Gasteiger partial charge in [-0.15, -0.1) is 11.6 Å². The van der Waals surface area contributed by atoms with Crippen LogP contribution in [-0.2, 0) is 21.3 Å². The van der Waals surface area contributed by atoms with Crippen LogP contribution in [0.2, 0.25) is 0 Å². The molecule has 0 atom stereocenters. The summed E-state index contributed by atoms with van der Waals surface area (Å²) in [6.45, 7) is 5.43. The van der Waals surface area contributed by atoms with E-state index >= 15 is 0 Å². The highest BCUT2D eigenvalue weighted by Gasteiger charge is 2.37. The quantitative estimate of drug-likeness (QED) is 0.829. The van der Waals surface area contributed by atoms with Gasteiger partial charge in [0.15, 0.2) is 5.03 Å². The fourth-order valence-corrected chi connectivity index (χ4v) is 4.17. The summed E-state index contributed by atoms with van der Waals surface area (Å²) in [5.74, 6) is 0.906. The number of imidazole rings is 1. The second-order valence-electron chi connectivity index (χ2n) is 5.04. The Morgan fingerprint density at radius 2 is 2.15 bits per heavy atom. The molecular formula is C12H20ClN3O3S. The summed E-state index contributed by atoms with van der Waals surface area (Å²) in [4.78, 5) is 4.12. The Balaban J connectivity index is 2.25. The van der Waals surface area contributed by atoms with E-state index < -0.39 is 15.6 Å². The highest BCUT2D eigenvalue weighted by atomic mass is 35.5. The molecule has 0 aliphatic carbocycles. The molecule has 0 bridgehead atoms. The van der Waals surface area contributed by atoms with Crippen LogP contribution in [0.3, 0.4) is 0 Å². The lowest BCUT2D eigenvalue weighted by Crippen LogP contribution is -2.53. The van der Waals surface area contributed by atoms with Gasteiger partial charge in [-0.1, -0.05) is 0 Å². The van der Waals surface area contributed by atoms with E-state index in [1.807, 2.05) is 6.92 Å². The molecule has 2 heterocycles. The number of aromatic nitrogens is 2. The summed E-state index contributed by atoms with van der Waals surface area (Å²) < 4.78 is 34.7. The first-order valence-corrected chi connectivity index (χ1v) is 8.66. The molecule has 6 nitrogen and oxygen atoms in total. The zero-order valence-electron chi connectivity index (χ0n) is 11.7. The van der Waals surface area contributed by atoms with Crippen LogP contribution in [0.15, 0.2) is 11.2 Å². The number of nitrogens with zero attached hydrogens (tertiary/aromatic N) is 2. The molecule has 0 radical (unpaired) electrons. The van der Waals surface area contributed by atoms with Crippen molar-refractivity contribution >= 4 is 21.6 Å². The third kappa shape index (κ3) is 3.16. The standard InChI is InChI=1S/C12H20ClN3O3S/c1-3-16-8-11(14-10(16)2)20(17,18)15-12(9-13)4-6-19-7-5-12/h8,15H,3-7,9H2,1-2H3. The van der Waals surface area contributed by atoms with Crippen LogP contribution in [0, 0.1) is 6.92 Å². The molecule has 1 aromatic heterocycles. The third-order valence-electron chi connectivity index (χ3n) is 3.63. The van der Waals surface area contributed by atoms with Crippen molar-refractivity contribution in [1.29, 1.82) is 0 Å². The van der Waals surface area contributed by atoms with Crippen molar-refractivity contribution in [3.8, 4) is 0 Å². The van der Waals surface area contributed by atoms with E-state index in [2.05, 4.69) is 9.71 Å². The first kappa shape index (κ1) is 15.8. The average Bonchev–Trinajstić information content (AvgIpc) is 2.81. The number of rotatable bonds is 5. The second kappa shape index (κ2) is 6.01. The van der Waals surface area contributed by atoms with Crippen LogP contribution in [0.25, 0.3) is 0 Å². The van der Waals surface area contributed by atoms with Crippen LogP contribution in [0.5, 0.6) is 0 Å². The molecule has 20 heavy (non-hydrogen) atoms. The van der Waals surface area contributed by atoms with E-state index in [0.29, 0.717) is 38.4 Å². The van der Waals surface area contributed by atoms with E-state index in [4.69, 9.17) is 16.3 Å².